The predicted octanol–water partition coefficient (Wildman–Crippen LogP) is 3.78. The van der Waals surface area contributed by atoms with Gasteiger partial charge in [0.05, 0.1) is 6.10 Å². The number of allylic oxidation sites excluding steroid dienone is 2. The Hall–Kier alpha value is -0.300. The maximum Gasteiger partial charge on any atom is 0.0546 e. The van der Waals surface area contributed by atoms with Gasteiger partial charge in [-0.25, -0.2) is 0 Å². The fourth-order valence-corrected chi connectivity index (χ4v) is 2.74. The molecule has 88 valence electrons. The quantitative estimate of drug-likeness (QED) is 0.653. The van der Waals surface area contributed by atoms with Crippen molar-refractivity contribution in [3.63, 3.8) is 0 Å². The molecule has 1 aliphatic rings. The van der Waals surface area contributed by atoms with E-state index in [0.29, 0.717) is 11.8 Å². The van der Waals surface area contributed by atoms with E-state index in [0.717, 1.165) is 25.2 Å². The second-order valence-electron chi connectivity index (χ2n) is 5.25. The third-order valence-corrected chi connectivity index (χ3v) is 3.78. The first-order valence-electron chi connectivity index (χ1n) is 6.48. The van der Waals surface area contributed by atoms with Gasteiger partial charge in [0.2, 0.25) is 0 Å². The van der Waals surface area contributed by atoms with E-state index in [-0.39, 0.29) is 6.10 Å². The van der Waals surface area contributed by atoms with Crippen molar-refractivity contribution in [3.05, 3.63) is 12.2 Å². The zero-order valence-electron chi connectivity index (χ0n) is 10.4. The summed E-state index contributed by atoms with van der Waals surface area (Å²) in [5.74, 6) is 2.14. The van der Waals surface area contributed by atoms with Crippen molar-refractivity contribution in [1.29, 1.82) is 0 Å². The number of aliphatic hydroxyl groups is 1. The van der Waals surface area contributed by atoms with Crippen molar-refractivity contribution >= 4 is 0 Å². The van der Waals surface area contributed by atoms with Crippen LogP contribution in [0.2, 0.25) is 0 Å². The molecular weight excluding hydrogens is 184 g/mol. The summed E-state index contributed by atoms with van der Waals surface area (Å²) in [7, 11) is 0. The van der Waals surface area contributed by atoms with Gasteiger partial charge in [0.1, 0.15) is 0 Å². The van der Waals surface area contributed by atoms with Gasteiger partial charge >= 0.3 is 0 Å². The van der Waals surface area contributed by atoms with E-state index < -0.39 is 0 Å². The number of rotatable bonds is 1. The van der Waals surface area contributed by atoms with E-state index in [1.54, 1.807) is 0 Å². The number of aliphatic hydroxyl groups excluding tert-OH is 1. The first-order valence-corrected chi connectivity index (χ1v) is 6.48. The Balaban J connectivity index is 2.63. The predicted molar refractivity (Wildman–Crippen MR) is 65.7 cm³/mol. The summed E-state index contributed by atoms with van der Waals surface area (Å²) in [4.78, 5) is 0. The van der Waals surface area contributed by atoms with E-state index >= 15 is 0 Å². The molecule has 0 fully saturated rings. The normalized spacial score (nSPS) is 41.1. The molecule has 0 aromatic heterocycles. The molecule has 0 aliphatic heterocycles. The van der Waals surface area contributed by atoms with Crippen molar-refractivity contribution in [2.24, 2.45) is 17.8 Å². The summed E-state index contributed by atoms with van der Waals surface area (Å²) in [6, 6.07) is 0. The Morgan fingerprint density at radius 3 is 2.67 bits per heavy atom. The number of hydrogen-bond acceptors (Lipinski definition) is 1. The van der Waals surface area contributed by atoms with Crippen LogP contribution in [0.1, 0.15) is 52.9 Å². The molecule has 1 rings (SSSR count). The van der Waals surface area contributed by atoms with Crippen LogP contribution in [0.25, 0.3) is 0 Å². The van der Waals surface area contributed by atoms with E-state index in [9.17, 15) is 5.11 Å². The summed E-state index contributed by atoms with van der Waals surface area (Å²) < 4.78 is 0. The van der Waals surface area contributed by atoms with E-state index in [1.165, 1.54) is 12.8 Å². The Labute approximate surface area is 94.6 Å². The van der Waals surface area contributed by atoms with Gasteiger partial charge in [0, 0.05) is 0 Å². The van der Waals surface area contributed by atoms with E-state index in [4.69, 9.17) is 0 Å². The lowest BCUT2D eigenvalue weighted by molar-refractivity contribution is 0.112. The summed E-state index contributed by atoms with van der Waals surface area (Å²) in [5, 5.41) is 9.88. The minimum Gasteiger partial charge on any atom is -0.393 e. The SMILES string of the molecule is CC[C@@H]1C[C@@H](O)CC/C=C/C(C)C[C@@H]1C. The summed E-state index contributed by atoms with van der Waals surface area (Å²) in [6.45, 7) is 6.89. The smallest absolute Gasteiger partial charge is 0.0546 e. The van der Waals surface area contributed by atoms with Crippen LogP contribution in [0.15, 0.2) is 12.2 Å². The Kier molecular flexibility index (Phi) is 5.38. The van der Waals surface area contributed by atoms with Gasteiger partial charge in [-0.1, -0.05) is 39.3 Å². The molecule has 0 amide bonds. The Morgan fingerprint density at radius 2 is 2.00 bits per heavy atom. The second-order valence-corrected chi connectivity index (χ2v) is 5.25. The van der Waals surface area contributed by atoms with Gasteiger partial charge in [-0.05, 0) is 43.4 Å². The first kappa shape index (κ1) is 12.8. The maximum absolute atomic E-state index is 9.88. The lowest BCUT2D eigenvalue weighted by atomic mass is 9.80. The third-order valence-electron chi connectivity index (χ3n) is 3.78. The summed E-state index contributed by atoms with van der Waals surface area (Å²) >= 11 is 0. The molecule has 1 heteroatoms. The van der Waals surface area contributed by atoms with Gasteiger partial charge in [0.25, 0.3) is 0 Å². The molecule has 0 saturated carbocycles. The van der Waals surface area contributed by atoms with Crippen molar-refractivity contribution < 1.29 is 5.11 Å². The average molecular weight is 210 g/mol. The fourth-order valence-electron chi connectivity index (χ4n) is 2.74. The number of hydrogen-bond donors (Lipinski definition) is 1. The third kappa shape index (κ3) is 4.38. The van der Waals surface area contributed by atoms with Gasteiger partial charge in [0.15, 0.2) is 0 Å². The lowest BCUT2D eigenvalue weighted by Gasteiger charge is -2.27. The van der Waals surface area contributed by atoms with Crippen LogP contribution in [-0.4, -0.2) is 11.2 Å². The first-order chi connectivity index (χ1) is 7.13. The van der Waals surface area contributed by atoms with Crippen molar-refractivity contribution in [2.75, 3.05) is 0 Å². The lowest BCUT2D eigenvalue weighted by Crippen LogP contribution is -2.20. The largest absolute Gasteiger partial charge is 0.393 e. The molecule has 1 aliphatic carbocycles. The molecular formula is C14H26O. The van der Waals surface area contributed by atoms with Crippen LogP contribution < -0.4 is 0 Å². The molecule has 1 nitrogen and oxygen atoms in total. The molecule has 0 aromatic carbocycles. The molecule has 0 radical (unpaired) electrons. The molecule has 0 spiro atoms. The van der Waals surface area contributed by atoms with Crippen LogP contribution >= 0.6 is 0 Å². The monoisotopic (exact) mass is 210 g/mol. The highest BCUT2D eigenvalue weighted by Crippen LogP contribution is 2.29. The van der Waals surface area contributed by atoms with Crippen molar-refractivity contribution in [2.45, 2.75) is 59.0 Å². The van der Waals surface area contributed by atoms with Gasteiger partial charge in [-0.2, -0.15) is 0 Å². The molecule has 1 N–H and O–H groups in total. The summed E-state index contributed by atoms with van der Waals surface area (Å²) in [5.41, 5.74) is 0. The molecule has 15 heavy (non-hydrogen) atoms. The topological polar surface area (TPSA) is 20.2 Å². The molecule has 4 atom stereocenters. The van der Waals surface area contributed by atoms with Gasteiger partial charge < -0.3 is 5.11 Å². The minimum atomic E-state index is -0.0875. The van der Waals surface area contributed by atoms with Gasteiger partial charge in [-0.15, -0.1) is 0 Å². The van der Waals surface area contributed by atoms with E-state index in [2.05, 4.69) is 32.9 Å². The highest BCUT2D eigenvalue weighted by Gasteiger charge is 2.21. The molecule has 0 bridgehead atoms. The van der Waals surface area contributed by atoms with E-state index in [1.807, 2.05) is 0 Å². The average Bonchev–Trinajstić information content (AvgIpc) is 2.20. The Bertz CT molecular complexity index is 198. The van der Waals surface area contributed by atoms with Crippen LogP contribution in [-0.2, 0) is 0 Å². The fraction of sp³-hybridized carbons (Fsp3) is 0.857. The highest BCUT2D eigenvalue weighted by molar-refractivity contribution is 4.89. The van der Waals surface area contributed by atoms with Crippen LogP contribution in [0.3, 0.4) is 0 Å². The van der Waals surface area contributed by atoms with Crippen molar-refractivity contribution in [3.8, 4) is 0 Å². The van der Waals surface area contributed by atoms with Crippen molar-refractivity contribution in [1.82, 2.24) is 0 Å². The summed E-state index contributed by atoms with van der Waals surface area (Å²) in [6.07, 6.45) is 9.92. The van der Waals surface area contributed by atoms with Crippen LogP contribution in [0.5, 0.6) is 0 Å². The standard InChI is InChI=1S/C14H26O/c1-4-13-10-14(15)8-6-5-7-11(2)9-12(13)3/h5,7,11-15H,4,6,8-10H2,1-3H3/b7-5+/t11?,12-,13+,14-/m0/s1. The molecule has 0 heterocycles. The minimum absolute atomic E-state index is 0.0875. The molecule has 0 aromatic rings. The van der Waals surface area contributed by atoms with Crippen LogP contribution in [0, 0.1) is 17.8 Å². The zero-order chi connectivity index (χ0) is 11.3. The molecule has 0 saturated heterocycles. The van der Waals surface area contributed by atoms with Gasteiger partial charge in [-0.3, -0.25) is 0 Å². The highest BCUT2D eigenvalue weighted by atomic mass is 16.3. The molecule has 1 unspecified atom stereocenters. The maximum atomic E-state index is 9.88. The zero-order valence-corrected chi connectivity index (χ0v) is 10.4. The second kappa shape index (κ2) is 6.32. The van der Waals surface area contributed by atoms with Crippen LogP contribution in [0.4, 0.5) is 0 Å². The Morgan fingerprint density at radius 1 is 1.27 bits per heavy atom.